The maximum Gasteiger partial charge on any atom is 0.232 e. The quantitative estimate of drug-likeness (QED) is 0.727. The number of aromatic nitrogens is 3. The lowest BCUT2D eigenvalue weighted by Crippen LogP contribution is -1.93. The van der Waals surface area contributed by atoms with Gasteiger partial charge in [0.1, 0.15) is 6.26 Å². The summed E-state index contributed by atoms with van der Waals surface area (Å²) in [4.78, 5) is 3.88. The summed E-state index contributed by atoms with van der Waals surface area (Å²) in [5.74, 6) is 1.08. The van der Waals surface area contributed by atoms with Crippen molar-refractivity contribution in [3.8, 4) is 5.75 Å². The number of aromatic amines is 1. The van der Waals surface area contributed by atoms with Gasteiger partial charge in [0.15, 0.2) is 18.6 Å². The molecule has 1 N–H and O–H groups in total. The zero-order chi connectivity index (χ0) is 8.23. The summed E-state index contributed by atoms with van der Waals surface area (Å²) in [5.41, 5.74) is 0. The van der Waals surface area contributed by atoms with Gasteiger partial charge in [0.25, 0.3) is 0 Å². The third-order valence-electron chi connectivity index (χ3n) is 1.26. The van der Waals surface area contributed by atoms with Crippen LogP contribution in [0.25, 0.3) is 0 Å². The highest BCUT2D eigenvalue weighted by Gasteiger charge is 1.99. The van der Waals surface area contributed by atoms with Gasteiger partial charge >= 0.3 is 0 Å². The first kappa shape index (κ1) is 6.90. The van der Waals surface area contributed by atoms with Crippen LogP contribution in [0.15, 0.2) is 23.1 Å². The second kappa shape index (κ2) is 3.08. The molecule has 2 aromatic heterocycles. The Balaban J connectivity index is 1.91. The highest BCUT2D eigenvalue weighted by molar-refractivity contribution is 5.08. The van der Waals surface area contributed by atoms with Crippen LogP contribution >= 0.6 is 0 Å². The number of nitrogens with zero attached hydrogens (tertiary/aromatic N) is 2. The zero-order valence-electron chi connectivity index (χ0n) is 6.15. The lowest BCUT2D eigenvalue weighted by Gasteiger charge is -1.96. The van der Waals surface area contributed by atoms with Gasteiger partial charge in [-0.05, 0) is 0 Å². The predicted molar refractivity (Wildman–Crippen MR) is 38.3 cm³/mol. The molecule has 2 aromatic rings. The maximum atomic E-state index is 5.18. The largest absolute Gasteiger partial charge is 0.480 e. The van der Waals surface area contributed by atoms with Gasteiger partial charge in [-0.25, -0.2) is 4.98 Å². The molecular weight excluding hydrogens is 158 g/mol. The summed E-state index contributed by atoms with van der Waals surface area (Å²) in [6.45, 7) is 0.295. The van der Waals surface area contributed by atoms with Crippen LogP contribution in [0.2, 0.25) is 0 Å². The van der Waals surface area contributed by atoms with Crippen molar-refractivity contribution < 1.29 is 9.15 Å². The number of rotatable bonds is 3. The minimum Gasteiger partial charge on any atom is -0.480 e. The summed E-state index contributed by atoms with van der Waals surface area (Å²) in [6.07, 6.45) is 7.27. The monoisotopic (exact) mass is 164 g/mol. The molecule has 0 aliphatic rings. The Morgan fingerprint density at radius 3 is 3.33 bits per heavy atom. The minimum absolute atomic E-state index is 0.295. The average molecular weight is 164 g/mol. The van der Waals surface area contributed by atoms with E-state index in [0.717, 1.165) is 0 Å². The van der Waals surface area contributed by atoms with Crippen molar-refractivity contribution in [3.63, 3.8) is 0 Å². The number of hydrogen-bond acceptors (Lipinski definition) is 4. The number of hydrogen-bond donors (Lipinski definition) is 1. The standard InChI is InChI=1S/C7H6N3O2/c1-2-11-7(8-1)5-12-6-3-9-10-4-6/h1-3H,5H2,(H,9,10). The van der Waals surface area contributed by atoms with Crippen LogP contribution in [0.1, 0.15) is 5.89 Å². The highest BCUT2D eigenvalue weighted by atomic mass is 16.5. The van der Waals surface area contributed by atoms with E-state index in [4.69, 9.17) is 9.15 Å². The molecule has 0 unspecified atom stereocenters. The molecule has 0 amide bonds. The topological polar surface area (TPSA) is 63.9 Å². The number of ether oxygens (including phenoxy) is 1. The first-order valence-corrected chi connectivity index (χ1v) is 3.38. The molecule has 0 atom stereocenters. The number of nitrogens with one attached hydrogen (secondary N) is 1. The molecule has 0 aromatic carbocycles. The van der Waals surface area contributed by atoms with Crippen molar-refractivity contribution >= 4 is 0 Å². The molecule has 0 saturated carbocycles. The van der Waals surface area contributed by atoms with Crippen molar-refractivity contribution in [1.82, 2.24) is 15.2 Å². The Morgan fingerprint density at radius 1 is 1.67 bits per heavy atom. The fourth-order valence-electron chi connectivity index (χ4n) is 0.748. The molecule has 0 fully saturated rings. The van der Waals surface area contributed by atoms with Gasteiger partial charge in [-0.2, -0.15) is 5.10 Å². The summed E-state index contributed by atoms with van der Waals surface area (Å²) < 4.78 is 10.1. The second-order valence-corrected chi connectivity index (χ2v) is 2.08. The van der Waals surface area contributed by atoms with Crippen molar-refractivity contribution in [1.29, 1.82) is 0 Å². The van der Waals surface area contributed by atoms with Gasteiger partial charge in [-0.15, -0.1) is 0 Å². The zero-order valence-corrected chi connectivity index (χ0v) is 6.15. The molecule has 0 aliphatic carbocycles. The van der Waals surface area contributed by atoms with E-state index in [1.165, 1.54) is 6.26 Å². The van der Waals surface area contributed by atoms with Crippen molar-refractivity contribution in [2.75, 3.05) is 0 Å². The number of H-pyrrole nitrogens is 1. The van der Waals surface area contributed by atoms with E-state index < -0.39 is 0 Å². The Labute approximate surface area is 68.4 Å². The third kappa shape index (κ3) is 1.45. The van der Waals surface area contributed by atoms with Crippen LogP contribution in [-0.2, 0) is 6.61 Å². The average Bonchev–Trinajstić information content (AvgIpc) is 2.74. The van der Waals surface area contributed by atoms with E-state index in [-0.39, 0.29) is 0 Å². The predicted octanol–water partition coefficient (Wildman–Crippen LogP) is 0.777. The highest BCUT2D eigenvalue weighted by Crippen LogP contribution is 2.06. The van der Waals surface area contributed by atoms with E-state index in [1.54, 1.807) is 12.4 Å². The van der Waals surface area contributed by atoms with E-state index in [0.29, 0.717) is 18.2 Å². The lowest BCUT2D eigenvalue weighted by atomic mass is 10.6. The van der Waals surface area contributed by atoms with Crippen molar-refractivity contribution in [2.45, 2.75) is 6.61 Å². The summed E-state index contributed by atoms with van der Waals surface area (Å²) in [7, 11) is 0. The van der Waals surface area contributed by atoms with Crippen molar-refractivity contribution in [3.05, 3.63) is 30.7 Å². The Morgan fingerprint density at radius 2 is 2.67 bits per heavy atom. The summed E-state index contributed by atoms with van der Waals surface area (Å²) >= 11 is 0. The van der Waals surface area contributed by atoms with Gasteiger partial charge in [0.05, 0.1) is 12.4 Å². The molecule has 5 nitrogen and oxygen atoms in total. The Hall–Kier alpha value is -1.78. The first-order valence-electron chi connectivity index (χ1n) is 3.38. The third-order valence-corrected chi connectivity index (χ3v) is 1.26. The van der Waals surface area contributed by atoms with Crippen LogP contribution in [0.5, 0.6) is 5.75 Å². The van der Waals surface area contributed by atoms with Crippen molar-refractivity contribution in [2.24, 2.45) is 0 Å². The molecule has 2 heterocycles. The fourth-order valence-corrected chi connectivity index (χ4v) is 0.748. The molecule has 0 saturated heterocycles. The normalized spacial score (nSPS) is 10.0. The van der Waals surface area contributed by atoms with Gasteiger partial charge in [-0.1, -0.05) is 0 Å². The lowest BCUT2D eigenvalue weighted by molar-refractivity contribution is 0.262. The van der Waals surface area contributed by atoms with E-state index in [9.17, 15) is 0 Å². The van der Waals surface area contributed by atoms with E-state index in [1.807, 2.05) is 0 Å². The molecule has 12 heavy (non-hydrogen) atoms. The van der Waals surface area contributed by atoms with Gasteiger partial charge < -0.3 is 9.15 Å². The SMILES string of the molecule is [c]1n[nH]cc1OCc1ncco1. The molecule has 0 aliphatic heterocycles. The van der Waals surface area contributed by atoms with Crippen LogP contribution in [-0.4, -0.2) is 15.2 Å². The van der Waals surface area contributed by atoms with Gasteiger partial charge in [-0.3, -0.25) is 5.10 Å². The fraction of sp³-hybridized carbons (Fsp3) is 0.143. The van der Waals surface area contributed by atoms with E-state index in [2.05, 4.69) is 21.4 Å². The Bertz CT molecular complexity index is 280. The van der Waals surface area contributed by atoms with Crippen LogP contribution < -0.4 is 4.74 Å². The molecule has 0 bridgehead atoms. The maximum absolute atomic E-state index is 5.18. The molecule has 5 heteroatoms. The first-order chi connectivity index (χ1) is 5.95. The number of oxazole rings is 1. The summed E-state index contributed by atoms with van der Waals surface area (Å²) in [5, 5.41) is 6.17. The second-order valence-electron chi connectivity index (χ2n) is 2.08. The minimum atomic E-state index is 0.295. The molecule has 61 valence electrons. The van der Waals surface area contributed by atoms with Crippen LogP contribution in [0.3, 0.4) is 0 Å². The molecular formula is C7H6N3O2. The molecule has 2 rings (SSSR count). The molecule has 1 radical (unpaired) electrons. The molecule has 0 spiro atoms. The van der Waals surface area contributed by atoms with Crippen LogP contribution in [0, 0.1) is 6.20 Å². The van der Waals surface area contributed by atoms with Gasteiger partial charge in [0.2, 0.25) is 5.89 Å². The smallest absolute Gasteiger partial charge is 0.232 e. The van der Waals surface area contributed by atoms with E-state index >= 15 is 0 Å². The summed E-state index contributed by atoms with van der Waals surface area (Å²) in [6, 6.07) is 0. The van der Waals surface area contributed by atoms with Gasteiger partial charge in [0, 0.05) is 0 Å². The Kier molecular flexibility index (Phi) is 1.77. The van der Waals surface area contributed by atoms with Crippen LogP contribution in [0.4, 0.5) is 0 Å².